The van der Waals surface area contributed by atoms with Gasteiger partial charge in [0.1, 0.15) is 5.82 Å². The van der Waals surface area contributed by atoms with Crippen molar-refractivity contribution in [2.75, 3.05) is 51.0 Å². The van der Waals surface area contributed by atoms with Gasteiger partial charge in [-0.15, -0.1) is 12.4 Å². The van der Waals surface area contributed by atoms with Gasteiger partial charge in [0.25, 0.3) is 0 Å². The number of carbonyl (C=O) groups is 1. The van der Waals surface area contributed by atoms with Gasteiger partial charge in [-0.1, -0.05) is 5.57 Å². The Morgan fingerprint density at radius 2 is 1.65 bits per heavy atom. The predicted molar refractivity (Wildman–Crippen MR) is 123 cm³/mol. The van der Waals surface area contributed by atoms with Gasteiger partial charge in [-0.2, -0.15) is 4.98 Å². The minimum Gasteiger partial charge on any atom is -0.493 e. The number of carbonyl (C=O) groups excluding carboxylic acids is 1. The van der Waals surface area contributed by atoms with Crippen molar-refractivity contribution in [2.24, 2.45) is 0 Å². The van der Waals surface area contributed by atoms with E-state index in [4.69, 9.17) is 15.2 Å². The summed E-state index contributed by atoms with van der Waals surface area (Å²) in [5, 5.41) is 0.725. The number of aromatic nitrogens is 2. The zero-order valence-corrected chi connectivity index (χ0v) is 18.7. The number of piperazine rings is 1. The number of ether oxygens (including phenoxy) is 2. The van der Waals surface area contributed by atoms with Crippen LogP contribution < -0.4 is 20.1 Å². The summed E-state index contributed by atoms with van der Waals surface area (Å²) in [6.07, 6.45) is 6.36. The van der Waals surface area contributed by atoms with Gasteiger partial charge in [-0.05, 0) is 31.7 Å². The molecule has 170 valence electrons. The van der Waals surface area contributed by atoms with Crippen LogP contribution in [0.1, 0.15) is 25.7 Å². The summed E-state index contributed by atoms with van der Waals surface area (Å²) >= 11 is 0. The van der Waals surface area contributed by atoms with Gasteiger partial charge in [-0.3, -0.25) is 4.79 Å². The Kier molecular flexibility index (Phi) is 8.29. The maximum atomic E-state index is 12.5. The van der Waals surface area contributed by atoms with E-state index >= 15 is 0 Å². The number of nitrogen functional groups attached to an aromatic ring is 1. The SMILES string of the molecule is COc1cc2nc(N3CCN(C(=O)C=C4CCCC4)CC3)nc(N)c2cc1OC.Cl.O. The number of hydrogen-bond acceptors (Lipinski definition) is 7. The quantitative estimate of drug-likeness (QED) is 0.704. The summed E-state index contributed by atoms with van der Waals surface area (Å²) in [6.45, 7) is 2.64. The zero-order chi connectivity index (χ0) is 20.4. The van der Waals surface area contributed by atoms with Gasteiger partial charge in [0, 0.05) is 43.7 Å². The lowest BCUT2D eigenvalue weighted by Crippen LogP contribution is -2.49. The summed E-state index contributed by atoms with van der Waals surface area (Å²) in [5.74, 6) is 2.28. The standard InChI is InChI=1S/C21H27N5O3.ClH.H2O/c1-28-17-12-15-16(13-18(17)29-2)23-21(24-20(15)22)26-9-7-25(8-10-26)19(27)11-14-5-3-4-6-14;;/h11-13H,3-10H2,1-2H3,(H2,22,23,24);1H;1H2. The lowest BCUT2D eigenvalue weighted by molar-refractivity contribution is -0.126. The third-order valence-corrected chi connectivity index (χ3v) is 5.67. The molecule has 0 atom stereocenters. The second-order valence-electron chi connectivity index (χ2n) is 7.46. The highest BCUT2D eigenvalue weighted by molar-refractivity contribution is 5.92. The van der Waals surface area contributed by atoms with Crippen LogP contribution >= 0.6 is 12.4 Å². The van der Waals surface area contributed by atoms with Crippen LogP contribution in [0, 0.1) is 0 Å². The molecular formula is C21H30ClN5O4. The van der Waals surface area contributed by atoms with Crippen LogP contribution in [0.2, 0.25) is 0 Å². The van der Waals surface area contributed by atoms with E-state index in [0.29, 0.717) is 55.0 Å². The molecule has 1 aliphatic heterocycles. The molecule has 1 amide bonds. The lowest BCUT2D eigenvalue weighted by atomic mass is 10.2. The first-order valence-electron chi connectivity index (χ1n) is 10.0. The van der Waals surface area contributed by atoms with Crippen molar-refractivity contribution in [3.05, 3.63) is 23.8 Å². The van der Waals surface area contributed by atoms with E-state index in [9.17, 15) is 4.79 Å². The van der Waals surface area contributed by atoms with E-state index in [0.717, 1.165) is 18.2 Å². The number of nitrogens with zero attached hydrogens (tertiary/aromatic N) is 4. The van der Waals surface area contributed by atoms with Crippen LogP contribution in [0.15, 0.2) is 23.8 Å². The maximum Gasteiger partial charge on any atom is 0.246 e. The highest BCUT2D eigenvalue weighted by atomic mass is 35.5. The second kappa shape index (κ2) is 10.5. The molecule has 1 aromatic heterocycles. The fourth-order valence-corrected chi connectivity index (χ4v) is 3.97. The van der Waals surface area contributed by atoms with Gasteiger partial charge in [0.05, 0.1) is 19.7 Å². The molecule has 2 heterocycles. The topological polar surface area (TPSA) is 125 Å². The van der Waals surface area contributed by atoms with E-state index in [-0.39, 0.29) is 23.8 Å². The number of nitrogens with two attached hydrogens (primary N) is 1. The highest BCUT2D eigenvalue weighted by Crippen LogP contribution is 2.34. The Morgan fingerprint density at radius 1 is 1.03 bits per heavy atom. The molecule has 1 aliphatic carbocycles. The first-order valence-corrected chi connectivity index (χ1v) is 10.0. The van der Waals surface area contributed by atoms with Crippen molar-refractivity contribution >= 4 is 41.0 Å². The molecule has 2 aliphatic rings. The van der Waals surface area contributed by atoms with Crippen LogP contribution in [-0.2, 0) is 4.79 Å². The van der Waals surface area contributed by atoms with Gasteiger partial charge in [0.15, 0.2) is 11.5 Å². The van der Waals surface area contributed by atoms with Crippen molar-refractivity contribution in [3.63, 3.8) is 0 Å². The third kappa shape index (κ3) is 5.11. The largest absolute Gasteiger partial charge is 0.493 e. The Balaban J connectivity index is 0.00000171. The molecule has 1 saturated carbocycles. The summed E-state index contributed by atoms with van der Waals surface area (Å²) in [5.41, 5.74) is 8.19. The maximum absolute atomic E-state index is 12.5. The highest BCUT2D eigenvalue weighted by Gasteiger charge is 2.23. The number of fused-ring (bicyclic) bond motifs is 1. The number of anilines is 2. The average molecular weight is 452 g/mol. The first-order chi connectivity index (χ1) is 14.1. The Morgan fingerprint density at radius 3 is 2.26 bits per heavy atom. The fraction of sp³-hybridized carbons (Fsp3) is 0.476. The van der Waals surface area contributed by atoms with Crippen molar-refractivity contribution in [3.8, 4) is 11.5 Å². The average Bonchev–Trinajstić information content (AvgIpc) is 3.25. The predicted octanol–water partition coefficient (Wildman–Crippen LogP) is 1.98. The molecule has 0 spiro atoms. The van der Waals surface area contributed by atoms with Crippen LogP contribution in [0.25, 0.3) is 10.9 Å². The normalized spacial score (nSPS) is 15.9. The molecule has 2 fully saturated rings. The van der Waals surface area contributed by atoms with Crippen LogP contribution in [0.3, 0.4) is 0 Å². The molecular weight excluding hydrogens is 422 g/mol. The number of halogens is 1. The Labute approximate surface area is 187 Å². The van der Waals surface area contributed by atoms with E-state index < -0.39 is 0 Å². The number of rotatable bonds is 4. The third-order valence-electron chi connectivity index (χ3n) is 5.67. The fourth-order valence-electron chi connectivity index (χ4n) is 3.97. The lowest BCUT2D eigenvalue weighted by Gasteiger charge is -2.34. The molecule has 31 heavy (non-hydrogen) atoms. The van der Waals surface area contributed by atoms with E-state index in [1.54, 1.807) is 20.3 Å². The number of allylic oxidation sites excluding steroid dienone is 1. The molecule has 9 nitrogen and oxygen atoms in total. The Bertz CT molecular complexity index is 952. The Hall–Kier alpha value is -2.78. The summed E-state index contributed by atoms with van der Waals surface area (Å²) in [4.78, 5) is 25.7. The molecule has 4 N–H and O–H groups in total. The number of amides is 1. The van der Waals surface area contributed by atoms with E-state index in [1.807, 2.05) is 17.0 Å². The van der Waals surface area contributed by atoms with E-state index in [2.05, 4.69) is 14.9 Å². The smallest absolute Gasteiger partial charge is 0.246 e. The minimum atomic E-state index is 0. The van der Waals surface area contributed by atoms with Gasteiger partial charge < -0.3 is 30.5 Å². The molecule has 0 bridgehead atoms. The van der Waals surface area contributed by atoms with Crippen molar-refractivity contribution in [1.29, 1.82) is 0 Å². The number of benzene rings is 1. The molecule has 0 radical (unpaired) electrons. The number of hydrogen-bond donors (Lipinski definition) is 1. The van der Waals surface area contributed by atoms with Crippen molar-refractivity contribution < 1.29 is 19.7 Å². The molecule has 0 unspecified atom stereocenters. The van der Waals surface area contributed by atoms with Crippen LogP contribution in [0.4, 0.5) is 11.8 Å². The van der Waals surface area contributed by atoms with Crippen molar-refractivity contribution in [2.45, 2.75) is 25.7 Å². The van der Waals surface area contributed by atoms with Crippen LogP contribution in [0.5, 0.6) is 11.5 Å². The van der Waals surface area contributed by atoms with E-state index in [1.165, 1.54) is 18.4 Å². The van der Waals surface area contributed by atoms with Gasteiger partial charge in [-0.25, -0.2) is 4.98 Å². The summed E-state index contributed by atoms with van der Waals surface area (Å²) in [7, 11) is 3.17. The molecule has 1 aromatic carbocycles. The minimum absolute atomic E-state index is 0. The number of methoxy groups -OCH3 is 2. The summed E-state index contributed by atoms with van der Waals surface area (Å²) < 4.78 is 10.7. The van der Waals surface area contributed by atoms with Gasteiger partial charge in [0.2, 0.25) is 11.9 Å². The second-order valence-corrected chi connectivity index (χ2v) is 7.46. The van der Waals surface area contributed by atoms with Gasteiger partial charge >= 0.3 is 0 Å². The summed E-state index contributed by atoms with van der Waals surface area (Å²) in [6, 6.07) is 3.60. The molecule has 2 aromatic rings. The molecule has 1 saturated heterocycles. The molecule has 10 heteroatoms. The van der Waals surface area contributed by atoms with Crippen LogP contribution in [-0.4, -0.2) is 66.6 Å². The first kappa shape index (κ1) is 24.5. The zero-order valence-electron chi connectivity index (χ0n) is 17.9. The van der Waals surface area contributed by atoms with Crippen molar-refractivity contribution in [1.82, 2.24) is 14.9 Å². The molecule has 4 rings (SSSR count). The monoisotopic (exact) mass is 451 g/mol.